The topological polar surface area (TPSA) is 80.4 Å². The van der Waals surface area contributed by atoms with Crippen molar-refractivity contribution in [3.63, 3.8) is 0 Å². The Kier molecular flexibility index (Phi) is 3.65. The summed E-state index contributed by atoms with van der Waals surface area (Å²) in [5.74, 6) is 0.545. The summed E-state index contributed by atoms with van der Waals surface area (Å²) in [6.07, 6.45) is 6.43. The van der Waals surface area contributed by atoms with Gasteiger partial charge in [0.1, 0.15) is 0 Å². The number of hydrogen-bond donors (Lipinski definition) is 1. The Morgan fingerprint density at radius 3 is 2.86 bits per heavy atom. The number of nitrogens with zero attached hydrogens (tertiary/aromatic N) is 6. The zero-order valence-electron chi connectivity index (χ0n) is 15.6. The van der Waals surface area contributed by atoms with Gasteiger partial charge < -0.3 is 10.2 Å². The maximum absolute atomic E-state index is 11.8. The Labute approximate surface area is 161 Å². The van der Waals surface area contributed by atoms with Crippen LogP contribution in [0.5, 0.6) is 0 Å². The molecule has 0 radical (unpaired) electrons. The summed E-state index contributed by atoms with van der Waals surface area (Å²) in [5.41, 5.74) is 5.83. The number of carbonyl (C=O) groups excluding carboxylic acids is 1. The zero-order valence-corrected chi connectivity index (χ0v) is 15.6. The van der Waals surface area contributed by atoms with E-state index in [0.29, 0.717) is 5.95 Å². The molecule has 0 bridgehead atoms. The van der Waals surface area contributed by atoms with Crippen molar-refractivity contribution in [1.82, 2.24) is 24.4 Å². The summed E-state index contributed by atoms with van der Waals surface area (Å²) < 4.78 is 3.61. The average Bonchev–Trinajstić information content (AvgIpc) is 3.38. The molecule has 4 aromatic rings. The van der Waals surface area contributed by atoms with Crippen LogP contribution in [0.25, 0.3) is 16.8 Å². The lowest BCUT2D eigenvalue weighted by Gasteiger charge is -2.15. The molecule has 0 fully saturated rings. The molecule has 1 amide bonds. The Hall–Kier alpha value is -3.68. The molecule has 140 valence electrons. The van der Waals surface area contributed by atoms with Gasteiger partial charge in [0.15, 0.2) is 0 Å². The van der Waals surface area contributed by atoms with Crippen molar-refractivity contribution < 1.29 is 4.79 Å². The zero-order chi connectivity index (χ0) is 19.3. The van der Waals surface area contributed by atoms with Gasteiger partial charge in [0.05, 0.1) is 23.6 Å². The number of carbonyl (C=O) groups is 1. The van der Waals surface area contributed by atoms with E-state index in [2.05, 4.69) is 26.6 Å². The number of anilines is 3. The molecule has 8 nitrogen and oxygen atoms in total. The van der Waals surface area contributed by atoms with Gasteiger partial charge in [-0.1, -0.05) is 6.07 Å². The summed E-state index contributed by atoms with van der Waals surface area (Å²) in [6, 6.07) is 10.0. The molecule has 28 heavy (non-hydrogen) atoms. The van der Waals surface area contributed by atoms with Crippen LogP contribution in [0.15, 0.2) is 48.9 Å². The Morgan fingerprint density at radius 2 is 2.07 bits per heavy atom. The van der Waals surface area contributed by atoms with Crippen LogP contribution in [-0.2, 0) is 18.3 Å². The molecule has 3 aromatic heterocycles. The van der Waals surface area contributed by atoms with Gasteiger partial charge in [-0.25, -0.2) is 9.50 Å². The van der Waals surface area contributed by atoms with E-state index < -0.39 is 0 Å². The van der Waals surface area contributed by atoms with E-state index in [1.807, 2.05) is 48.2 Å². The lowest BCUT2D eigenvalue weighted by Crippen LogP contribution is -2.25. The van der Waals surface area contributed by atoms with Crippen LogP contribution >= 0.6 is 0 Å². The molecule has 5 rings (SSSR count). The standard InChI is InChI=1S/C20H19N7O/c1-13(28)26-8-7-14-3-4-16(9-19(14)26)23-20-21-11-17-5-6-18(27(17)24-20)15-10-22-25(2)12-15/h3-6,9-12H,7-8H2,1-2H3,(H,23,24). The molecule has 0 atom stereocenters. The van der Waals surface area contributed by atoms with Gasteiger partial charge in [0.2, 0.25) is 11.9 Å². The first-order valence-electron chi connectivity index (χ1n) is 9.10. The number of nitrogens with one attached hydrogen (secondary N) is 1. The number of fused-ring (bicyclic) bond motifs is 2. The van der Waals surface area contributed by atoms with Crippen LogP contribution in [-0.4, -0.2) is 36.8 Å². The fourth-order valence-corrected chi connectivity index (χ4v) is 3.64. The molecular weight excluding hydrogens is 354 g/mol. The van der Waals surface area contributed by atoms with Crippen molar-refractivity contribution in [2.75, 3.05) is 16.8 Å². The van der Waals surface area contributed by atoms with Crippen molar-refractivity contribution >= 4 is 28.7 Å². The number of hydrogen-bond acceptors (Lipinski definition) is 5. The molecule has 1 aliphatic rings. The van der Waals surface area contributed by atoms with Crippen LogP contribution < -0.4 is 10.2 Å². The van der Waals surface area contributed by atoms with Crippen molar-refractivity contribution in [2.24, 2.45) is 7.05 Å². The van der Waals surface area contributed by atoms with Crippen molar-refractivity contribution in [3.05, 3.63) is 54.5 Å². The molecule has 1 aromatic carbocycles. The molecule has 0 spiro atoms. The Balaban J connectivity index is 1.49. The molecule has 8 heteroatoms. The predicted molar refractivity (Wildman–Crippen MR) is 107 cm³/mol. The summed E-state index contributed by atoms with van der Waals surface area (Å²) in [7, 11) is 1.89. The van der Waals surface area contributed by atoms with Crippen molar-refractivity contribution in [2.45, 2.75) is 13.3 Å². The minimum absolute atomic E-state index is 0.0574. The SMILES string of the molecule is CC(=O)N1CCc2ccc(Nc3ncc4ccc(-c5cnn(C)c5)n4n3)cc21. The summed E-state index contributed by atoms with van der Waals surface area (Å²) in [6.45, 7) is 2.33. The number of amides is 1. The minimum atomic E-state index is 0.0574. The number of aryl methyl sites for hydroxylation is 1. The average molecular weight is 373 g/mol. The molecular formula is C20H19N7O. The predicted octanol–water partition coefficient (Wildman–Crippen LogP) is 2.78. The number of aromatic nitrogens is 5. The van der Waals surface area contributed by atoms with E-state index in [0.717, 1.165) is 41.1 Å². The summed E-state index contributed by atoms with van der Waals surface area (Å²) in [4.78, 5) is 18.1. The van der Waals surface area contributed by atoms with E-state index in [-0.39, 0.29) is 5.91 Å². The van der Waals surface area contributed by atoms with Crippen LogP contribution in [0, 0.1) is 0 Å². The Bertz CT molecular complexity index is 1210. The van der Waals surface area contributed by atoms with Gasteiger partial charge in [-0.2, -0.15) is 5.10 Å². The first-order valence-corrected chi connectivity index (χ1v) is 9.10. The molecule has 0 aliphatic carbocycles. The van der Waals surface area contributed by atoms with E-state index in [1.54, 1.807) is 22.7 Å². The normalized spacial score (nSPS) is 13.1. The van der Waals surface area contributed by atoms with Crippen LogP contribution in [0.4, 0.5) is 17.3 Å². The van der Waals surface area contributed by atoms with Gasteiger partial charge in [0.25, 0.3) is 0 Å². The maximum Gasteiger partial charge on any atom is 0.245 e. The van der Waals surface area contributed by atoms with Crippen LogP contribution in [0.1, 0.15) is 12.5 Å². The van der Waals surface area contributed by atoms with E-state index in [9.17, 15) is 4.79 Å². The van der Waals surface area contributed by atoms with Gasteiger partial charge in [-0.3, -0.25) is 9.48 Å². The lowest BCUT2D eigenvalue weighted by atomic mass is 10.1. The van der Waals surface area contributed by atoms with Gasteiger partial charge in [0, 0.05) is 43.7 Å². The summed E-state index contributed by atoms with van der Waals surface area (Å²) in [5, 5.41) is 12.1. The second-order valence-electron chi connectivity index (χ2n) is 6.93. The molecule has 1 N–H and O–H groups in total. The fraction of sp³-hybridized carbons (Fsp3) is 0.200. The molecule has 0 unspecified atom stereocenters. The van der Waals surface area contributed by atoms with Crippen LogP contribution in [0.2, 0.25) is 0 Å². The summed E-state index contributed by atoms with van der Waals surface area (Å²) >= 11 is 0. The third-order valence-corrected chi connectivity index (χ3v) is 5.02. The fourth-order valence-electron chi connectivity index (χ4n) is 3.64. The monoisotopic (exact) mass is 373 g/mol. The highest BCUT2D eigenvalue weighted by molar-refractivity contribution is 5.94. The molecule has 0 saturated heterocycles. The third kappa shape index (κ3) is 2.70. The van der Waals surface area contributed by atoms with Crippen molar-refractivity contribution in [1.29, 1.82) is 0 Å². The lowest BCUT2D eigenvalue weighted by molar-refractivity contribution is -0.116. The highest BCUT2D eigenvalue weighted by Gasteiger charge is 2.22. The largest absolute Gasteiger partial charge is 0.323 e. The first kappa shape index (κ1) is 16.5. The third-order valence-electron chi connectivity index (χ3n) is 5.02. The second-order valence-corrected chi connectivity index (χ2v) is 6.93. The quantitative estimate of drug-likeness (QED) is 0.597. The maximum atomic E-state index is 11.8. The number of benzene rings is 1. The highest BCUT2D eigenvalue weighted by atomic mass is 16.2. The minimum Gasteiger partial charge on any atom is -0.323 e. The van der Waals surface area contributed by atoms with Gasteiger partial charge in [-0.15, -0.1) is 5.10 Å². The van der Waals surface area contributed by atoms with Crippen molar-refractivity contribution in [3.8, 4) is 11.3 Å². The molecule has 4 heterocycles. The van der Waals surface area contributed by atoms with Gasteiger partial charge >= 0.3 is 0 Å². The Morgan fingerprint density at radius 1 is 1.18 bits per heavy atom. The van der Waals surface area contributed by atoms with E-state index >= 15 is 0 Å². The molecule has 1 aliphatic heterocycles. The van der Waals surface area contributed by atoms with Gasteiger partial charge in [-0.05, 0) is 36.2 Å². The smallest absolute Gasteiger partial charge is 0.245 e. The van der Waals surface area contributed by atoms with E-state index in [4.69, 9.17) is 0 Å². The van der Waals surface area contributed by atoms with Crippen LogP contribution in [0.3, 0.4) is 0 Å². The van der Waals surface area contributed by atoms with E-state index in [1.165, 1.54) is 5.56 Å². The number of rotatable bonds is 3. The second kappa shape index (κ2) is 6.19. The highest BCUT2D eigenvalue weighted by Crippen LogP contribution is 2.31. The first-order chi connectivity index (χ1) is 13.6. The molecule has 0 saturated carbocycles.